The smallest absolute Gasteiger partial charge is 0.221 e. The van der Waals surface area contributed by atoms with Gasteiger partial charge < -0.3 is 5.32 Å². The molecule has 1 amide bonds. The van der Waals surface area contributed by atoms with Crippen molar-refractivity contribution in [1.29, 1.82) is 0 Å². The standard InChI is InChI=1S/C16H14N4O/c1-12(21)17-14-9-7-13(8-10-14)16-11-20(19-18-16)15-5-3-2-4-6-15/h2-11H,1H3,(H,17,21). The molecule has 0 atom stereocenters. The van der Waals surface area contributed by atoms with Gasteiger partial charge in [0.1, 0.15) is 5.69 Å². The molecular formula is C16H14N4O. The summed E-state index contributed by atoms with van der Waals surface area (Å²) in [5.74, 6) is -0.0854. The second kappa shape index (κ2) is 5.58. The number of hydrogen-bond acceptors (Lipinski definition) is 3. The van der Waals surface area contributed by atoms with Gasteiger partial charge in [0.05, 0.1) is 11.9 Å². The minimum atomic E-state index is -0.0854. The van der Waals surface area contributed by atoms with Gasteiger partial charge in [-0.05, 0) is 24.3 Å². The van der Waals surface area contributed by atoms with Crippen LogP contribution in [0.15, 0.2) is 60.8 Å². The molecule has 0 radical (unpaired) electrons. The number of para-hydroxylation sites is 1. The van der Waals surface area contributed by atoms with Crippen LogP contribution in [0.2, 0.25) is 0 Å². The summed E-state index contributed by atoms with van der Waals surface area (Å²) in [5, 5.41) is 11.0. The van der Waals surface area contributed by atoms with Crippen LogP contribution in [-0.2, 0) is 4.79 Å². The Morgan fingerprint density at radius 2 is 1.76 bits per heavy atom. The second-order valence-electron chi connectivity index (χ2n) is 4.64. The Morgan fingerprint density at radius 3 is 2.43 bits per heavy atom. The number of nitrogens with one attached hydrogen (secondary N) is 1. The minimum absolute atomic E-state index is 0.0854. The normalized spacial score (nSPS) is 10.3. The van der Waals surface area contributed by atoms with Crippen molar-refractivity contribution in [3.05, 3.63) is 60.8 Å². The van der Waals surface area contributed by atoms with Gasteiger partial charge in [0.15, 0.2) is 0 Å². The maximum atomic E-state index is 11.0. The zero-order valence-corrected chi connectivity index (χ0v) is 11.5. The molecule has 0 aliphatic rings. The lowest BCUT2D eigenvalue weighted by Crippen LogP contribution is -2.05. The van der Waals surface area contributed by atoms with Gasteiger partial charge in [0, 0.05) is 18.2 Å². The van der Waals surface area contributed by atoms with Gasteiger partial charge in [-0.1, -0.05) is 35.5 Å². The third kappa shape index (κ3) is 2.97. The number of carbonyl (C=O) groups is 1. The zero-order chi connectivity index (χ0) is 14.7. The van der Waals surface area contributed by atoms with E-state index < -0.39 is 0 Å². The van der Waals surface area contributed by atoms with E-state index in [0.717, 1.165) is 22.6 Å². The summed E-state index contributed by atoms with van der Waals surface area (Å²) in [6.07, 6.45) is 1.88. The van der Waals surface area contributed by atoms with E-state index >= 15 is 0 Å². The first-order valence-corrected chi connectivity index (χ1v) is 6.58. The molecule has 0 spiro atoms. The number of aromatic nitrogens is 3. The lowest BCUT2D eigenvalue weighted by molar-refractivity contribution is -0.114. The van der Waals surface area contributed by atoms with Crippen molar-refractivity contribution in [2.75, 3.05) is 5.32 Å². The molecule has 3 rings (SSSR count). The molecule has 2 aromatic carbocycles. The summed E-state index contributed by atoms with van der Waals surface area (Å²) in [6, 6.07) is 17.3. The molecule has 0 unspecified atom stereocenters. The fraction of sp³-hybridized carbons (Fsp3) is 0.0625. The van der Waals surface area contributed by atoms with Crippen LogP contribution < -0.4 is 5.32 Å². The van der Waals surface area contributed by atoms with E-state index in [-0.39, 0.29) is 5.91 Å². The lowest BCUT2D eigenvalue weighted by Gasteiger charge is -2.02. The highest BCUT2D eigenvalue weighted by molar-refractivity contribution is 5.88. The summed E-state index contributed by atoms with van der Waals surface area (Å²) >= 11 is 0. The van der Waals surface area contributed by atoms with E-state index in [1.165, 1.54) is 6.92 Å². The maximum absolute atomic E-state index is 11.0. The van der Waals surface area contributed by atoms with Crippen molar-refractivity contribution in [1.82, 2.24) is 15.0 Å². The molecule has 0 aliphatic carbocycles. The van der Waals surface area contributed by atoms with Crippen LogP contribution in [0.4, 0.5) is 5.69 Å². The summed E-state index contributed by atoms with van der Waals surface area (Å²) in [6.45, 7) is 1.49. The lowest BCUT2D eigenvalue weighted by atomic mass is 10.1. The van der Waals surface area contributed by atoms with Gasteiger partial charge >= 0.3 is 0 Å². The van der Waals surface area contributed by atoms with E-state index in [1.54, 1.807) is 4.68 Å². The SMILES string of the molecule is CC(=O)Nc1ccc(-c2cn(-c3ccccc3)nn2)cc1. The highest BCUT2D eigenvalue weighted by Crippen LogP contribution is 2.20. The maximum Gasteiger partial charge on any atom is 0.221 e. The monoisotopic (exact) mass is 278 g/mol. The molecule has 0 aliphatic heterocycles. The summed E-state index contributed by atoms with van der Waals surface area (Å²) in [4.78, 5) is 11.0. The van der Waals surface area contributed by atoms with Crippen LogP contribution in [0.1, 0.15) is 6.92 Å². The van der Waals surface area contributed by atoms with Crippen LogP contribution in [0.3, 0.4) is 0 Å². The fourth-order valence-electron chi connectivity index (χ4n) is 2.03. The molecule has 5 heteroatoms. The number of amides is 1. The molecular weight excluding hydrogens is 264 g/mol. The first kappa shape index (κ1) is 13.1. The summed E-state index contributed by atoms with van der Waals surface area (Å²) in [7, 11) is 0. The molecule has 5 nitrogen and oxygen atoms in total. The Balaban J connectivity index is 1.85. The number of hydrogen-bond donors (Lipinski definition) is 1. The van der Waals surface area contributed by atoms with Crippen molar-refractivity contribution in [2.24, 2.45) is 0 Å². The molecule has 1 heterocycles. The topological polar surface area (TPSA) is 59.8 Å². The third-order valence-corrected chi connectivity index (χ3v) is 3.02. The van der Waals surface area contributed by atoms with Crippen molar-refractivity contribution < 1.29 is 4.79 Å². The van der Waals surface area contributed by atoms with Crippen molar-refractivity contribution in [3.8, 4) is 16.9 Å². The highest BCUT2D eigenvalue weighted by atomic mass is 16.1. The summed E-state index contributed by atoms with van der Waals surface area (Å²) < 4.78 is 1.73. The number of rotatable bonds is 3. The number of carbonyl (C=O) groups excluding carboxylic acids is 1. The van der Waals surface area contributed by atoms with E-state index in [1.807, 2.05) is 60.8 Å². The Morgan fingerprint density at radius 1 is 1.05 bits per heavy atom. The first-order valence-electron chi connectivity index (χ1n) is 6.58. The molecule has 1 aromatic heterocycles. The molecule has 21 heavy (non-hydrogen) atoms. The number of nitrogens with zero attached hydrogens (tertiary/aromatic N) is 3. The Hall–Kier alpha value is -2.95. The third-order valence-electron chi connectivity index (χ3n) is 3.02. The molecule has 0 saturated heterocycles. The van der Waals surface area contributed by atoms with Gasteiger partial charge in [-0.2, -0.15) is 0 Å². The molecule has 0 fully saturated rings. The van der Waals surface area contributed by atoms with Gasteiger partial charge in [0.2, 0.25) is 5.91 Å². The zero-order valence-electron chi connectivity index (χ0n) is 11.5. The van der Waals surface area contributed by atoms with Crippen LogP contribution >= 0.6 is 0 Å². The van der Waals surface area contributed by atoms with Crippen molar-refractivity contribution >= 4 is 11.6 Å². The highest BCUT2D eigenvalue weighted by Gasteiger charge is 2.05. The Kier molecular flexibility index (Phi) is 3.47. The van der Waals surface area contributed by atoms with Gasteiger partial charge in [0.25, 0.3) is 0 Å². The Labute approximate surface area is 122 Å². The van der Waals surface area contributed by atoms with Crippen LogP contribution in [0.25, 0.3) is 16.9 Å². The van der Waals surface area contributed by atoms with Crippen LogP contribution in [-0.4, -0.2) is 20.9 Å². The van der Waals surface area contributed by atoms with Crippen molar-refractivity contribution in [3.63, 3.8) is 0 Å². The van der Waals surface area contributed by atoms with Gasteiger partial charge in [-0.3, -0.25) is 4.79 Å². The Bertz CT molecular complexity index is 747. The number of benzene rings is 2. The molecule has 0 saturated carbocycles. The van der Waals surface area contributed by atoms with Gasteiger partial charge in [-0.25, -0.2) is 4.68 Å². The predicted molar refractivity (Wildman–Crippen MR) is 81.1 cm³/mol. The van der Waals surface area contributed by atoms with Crippen LogP contribution in [0, 0.1) is 0 Å². The predicted octanol–water partition coefficient (Wildman–Crippen LogP) is 2.89. The molecule has 104 valence electrons. The van der Waals surface area contributed by atoms with E-state index in [9.17, 15) is 4.79 Å². The minimum Gasteiger partial charge on any atom is -0.326 e. The largest absolute Gasteiger partial charge is 0.326 e. The quantitative estimate of drug-likeness (QED) is 0.801. The average Bonchev–Trinajstić information content (AvgIpc) is 2.98. The van der Waals surface area contributed by atoms with E-state index in [4.69, 9.17) is 0 Å². The molecule has 1 N–H and O–H groups in total. The average molecular weight is 278 g/mol. The van der Waals surface area contributed by atoms with Crippen molar-refractivity contribution in [2.45, 2.75) is 6.92 Å². The molecule has 3 aromatic rings. The second-order valence-corrected chi connectivity index (χ2v) is 4.64. The van der Waals surface area contributed by atoms with E-state index in [0.29, 0.717) is 0 Å². The summed E-state index contributed by atoms with van der Waals surface area (Å²) in [5.41, 5.74) is 3.47. The van der Waals surface area contributed by atoms with Crippen LogP contribution in [0.5, 0.6) is 0 Å². The molecule has 0 bridgehead atoms. The number of anilines is 1. The first-order chi connectivity index (χ1) is 10.2. The van der Waals surface area contributed by atoms with Gasteiger partial charge in [-0.15, -0.1) is 5.10 Å². The van der Waals surface area contributed by atoms with E-state index in [2.05, 4.69) is 15.6 Å². The fourth-order valence-corrected chi connectivity index (χ4v) is 2.03.